The van der Waals surface area contributed by atoms with E-state index in [1.54, 1.807) is 45.2 Å². The first-order chi connectivity index (χ1) is 8.78. The van der Waals surface area contributed by atoms with Gasteiger partial charge in [0.05, 0.1) is 12.5 Å². The number of amides is 1. The Hall–Kier alpha value is -2.04. The normalized spacial score (nSPS) is 12.6. The molecule has 0 aliphatic carbocycles. The number of hydrogen-bond donors (Lipinski definition) is 2. The Bertz CT molecular complexity index is 465. The van der Waals surface area contributed by atoms with Crippen molar-refractivity contribution in [3.63, 3.8) is 0 Å². The van der Waals surface area contributed by atoms with Crippen molar-refractivity contribution < 1.29 is 19.4 Å². The summed E-state index contributed by atoms with van der Waals surface area (Å²) < 4.78 is 5.06. The predicted octanol–water partition coefficient (Wildman–Crippen LogP) is 1.56. The number of rotatable bonds is 5. The van der Waals surface area contributed by atoms with Gasteiger partial charge in [-0.1, -0.05) is 12.1 Å². The maximum Gasteiger partial charge on any atom is 0.325 e. The third-order valence-corrected chi connectivity index (χ3v) is 3.10. The van der Waals surface area contributed by atoms with Gasteiger partial charge in [0.25, 0.3) is 0 Å². The van der Waals surface area contributed by atoms with Crippen LogP contribution < -0.4 is 10.1 Å². The van der Waals surface area contributed by atoms with E-state index >= 15 is 0 Å². The molecule has 0 bridgehead atoms. The Balaban J connectivity index is 2.89. The number of aliphatic carboxylic acids is 1. The van der Waals surface area contributed by atoms with Crippen LogP contribution >= 0.6 is 0 Å². The van der Waals surface area contributed by atoms with Crippen LogP contribution in [-0.2, 0) is 15.0 Å². The molecular formula is C14H19NO4. The second-order valence-corrected chi connectivity index (χ2v) is 4.89. The number of carbonyl (C=O) groups excluding carboxylic acids is 1. The van der Waals surface area contributed by atoms with Crippen molar-refractivity contribution in [3.05, 3.63) is 29.8 Å². The molecule has 0 unspecified atom stereocenters. The summed E-state index contributed by atoms with van der Waals surface area (Å²) in [5, 5.41) is 11.3. The Morgan fingerprint density at radius 1 is 1.26 bits per heavy atom. The molecule has 0 aliphatic heterocycles. The Labute approximate surface area is 112 Å². The van der Waals surface area contributed by atoms with Gasteiger partial charge in [-0.25, -0.2) is 0 Å². The summed E-state index contributed by atoms with van der Waals surface area (Å²) in [7, 11) is 1.57. The molecule has 19 heavy (non-hydrogen) atoms. The summed E-state index contributed by atoms with van der Waals surface area (Å²) in [4.78, 5) is 22.9. The average Bonchev–Trinajstić information content (AvgIpc) is 2.38. The number of carbonyl (C=O) groups is 2. The molecule has 5 heteroatoms. The summed E-state index contributed by atoms with van der Waals surface area (Å²) in [6.07, 6.45) is 0. The fraction of sp³-hybridized carbons (Fsp3) is 0.429. The molecule has 5 nitrogen and oxygen atoms in total. The van der Waals surface area contributed by atoms with E-state index in [0.29, 0.717) is 5.75 Å². The van der Waals surface area contributed by atoms with E-state index < -0.39 is 17.4 Å². The molecule has 0 aromatic heterocycles. The smallest absolute Gasteiger partial charge is 0.325 e. The molecule has 1 rings (SSSR count). The van der Waals surface area contributed by atoms with Crippen LogP contribution in [0.4, 0.5) is 0 Å². The van der Waals surface area contributed by atoms with E-state index in [1.807, 2.05) is 0 Å². The number of carboxylic acid groups (broad SMARTS) is 1. The lowest BCUT2D eigenvalue weighted by molar-refractivity contribution is -0.142. The van der Waals surface area contributed by atoms with Crippen molar-refractivity contribution in [2.45, 2.75) is 32.2 Å². The second kappa shape index (κ2) is 5.73. The summed E-state index contributed by atoms with van der Waals surface area (Å²) >= 11 is 0. The van der Waals surface area contributed by atoms with E-state index in [1.165, 1.54) is 6.92 Å². The molecule has 104 valence electrons. The molecule has 0 saturated heterocycles. The topological polar surface area (TPSA) is 75.6 Å². The van der Waals surface area contributed by atoms with Gasteiger partial charge in [-0.2, -0.15) is 0 Å². The van der Waals surface area contributed by atoms with Gasteiger partial charge >= 0.3 is 5.97 Å². The fourth-order valence-electron chi connectivity index (χ4n) is 1.58. The van der Waals surface area contributed by atoms with E-state index in [0.717, 1.165) is 5.56 Å². The molecule has 0 fully saturated rings. The Kier molecular flexibility index (Phi) is 4.53. The SMILES string of the molecule is COc1ccc(C(C)(C)C(=O)N[C@H](C)C(=O)O)cc1. The average molecular weight is 265 g/mol. The van der Waals surface area contributed by atoms with Crippen LogP contribution in [0.3, 0.4) is 0 Å². The van der Waals surface area contributed by atoms with Crippen LogP contribution in [-0.4, -0.2) is 30.1 Å². The van der Waals surface area contributed by atoms with Gasteiger partial charge in [0.2, 0.25) is 5.91 Å². The molecule has 2 N–H and O–H groups in total. The molecule has 1 aromatic rings. The van der Waals surface area contributed by atoms with Crippen molar-refractivity contribution in [2.75, 3.05) is 7.11 Å². The van der Waals surface area contributed by atoms with Gasteiger partial charge in [0.1, 0.15) is 11.8 Å². The summed E-state index contributed by atoms with van der Waals surface area (Å²) in [6.45, 7) is 4.93. The summed E-state index contributed by atoms with van der Waals surface area (Å²) in [6, 6.07) is 6.22. The van der Waals surface area contributed by atoms with Gasteiger partial charge in [0.15, 0.2) is 0 Å². The zero-order valence-corrected chi connectivity index (χ0v) is 11.6. The third kappa shape index (κ3) is 3.47. The third-order valence-electron chi connectivity index (χ3n) is 3.10. The summed E-state index contributed by atoms with van der Waals surface area (Å²) in [5.41, 5.74) is -0.0147. The van der Waals surface area contributed by atoms with E-state index in [9.17, 15) is 9.59 Å². The number of nitrogens with one attached hydrogen (secondary N) is 1. The molecule has 0 aliphatic rings. The molecule has 0 saturated carbocycles. The summed E-state index contributed by atoms with van der Waals surface area (Å²) in [5.74, 6) is -0.676. The lowest BCUT2D eigenvalue weighted by Crippen LogP contribution is -2.46. The van der Waals surface area contributed by atoms with E-state index in [4.69, 9.17) is 9.84 Å². The molecule has 1 atom stereocenters. The monoisotopic (exact) mass is 265 g/mol. The van der Waals surface area contributed by atoms with Crippen LogP contribution in [0.15, 0.2) is 24.3 Å². The van der Waals surface area contributed by atoms with E-state index in [2.05, 4.69) is 5.32 Å². The van der Waals surface area contributed by atoms with Gasteiger partial charge in [-0.05, 0) is 38.5 Å². The standard InChI is InChI=1S/C14H19NO4/c1-9(12(16)17)15-13(18)14(2,3)10-5-7-11(19-4)8-6-10/h5-9H,1-4H3,(H,15,18)(H,16,17)/t9-/m1/s1. The van der Waals surface area contributed by atoms with Crippen LogP contribution in [0.2, 0.25) is 0 Å². The number of carboxylic acids is 1. The lowest BCUT2D eigenvalue weighted by atomic mass is 9.83. The zero-order valence-electron chi connectivity index (χ0n) is 11.6. The number of hydrogen-bond acceptors (Lipinski definition) is 3. The van der Waals surface area contributed by atoms with Crippen molar-refractivity contribution in [2.24, 2.45) is 0 Å². The zero-order chi connectivity index (χ0) is 14.6. The van der Waals surface area contributed by atoms with E-state index in [-0.39, 0.29) is 5.91 Å². The minimum atomic E-state index is -1.06. The van der Waals surface area contributed by atoms with Gasteiger partial charge in [0, 0.05) is 0 Å². The molecular weight excluding hydrogens is 246 g/mol. The highest BCUT2D eigenvalue weighted by molar-refractivity contribution is 5.90. The van der Waals surface area contributed by atoms with Gasteiger partial charge < -0.3 is 15.2 Å². The van der Waals surface area contributed by atoms with Crippen LogP contribution in [0.1, 0.15) is 26.3 Å². The first-order valence-corrected chi connectivity index (χ1v) is 5.97. The maximum atomic E-state index is 12.1. The number of ether oxygens (including phenoxy) is 1. The number of methoxy groups -OCH3 is 1. The van der Waals surface area contributed by atoms with Crippen LogP contribution in [0.5, 0.6) is 5.75 Å². The highest BCUT2D eigenvalue weighted by Gasteiger charge is 2.31. The predicted molar refractivity (Wildman–Crippen MR) is 71.3 cm³/mol. The Morgan fingerprint density at radius 3 is 2.21 bits per heavy atom. The molecule has 1 amide bonds. The second-order valence-electron chi connectivity index (χ2n) is 4.89. The van der Waals surface area contributed by atoms with Gasteiger partial charge in [-0.15, -0.1) is 0 Å². The minimum Gasteiger partial charge on any atom is -0.497 e. The van der Waals surface area contributed by atoms with Crippen LogP contribution in [0.25, 0.3) is 0 Å². The van der Waals surface area contributed by atoms with Crippen molar-refractivity contribution in [3.8, 4) is 5.75 Å². The lowest BCUT2D eigenvalue weighted by Gasteiger charge is -2.25. The number of benzene rings is 1. The van der Waals surface area contributed by atoms with Crippen molar-refractivity contribution in [1.82, 2.24) is 5.32 Å². The van der Waals surface area contributed by atoms with Gasteiger partial charge in [-0.3, -0.25) is 9.59 Å². The fourth-order valence-corrected chi connectivity index (χ4v) is 1.58. The maximum absolute atomic E-state index is 12.1. The first kappa shape index (κ1) is 15.0. The molecule has 0 spiro atoms. The largest absolute Gasteiger partial charge is 0.497 e. The minimum absolute atomic E-state index is 0.326. The Morgan fingerprint density at radius 2 is 1.79 bits per heavy atom. The molecule has 0 heterocycles. The quantitative estimate of drug-likeness (QED) is 0.847. The molecule has 0 radical (unpaired) electrons. The van der Waals surface area contributed by atoms with Crippen molar-refractivity contribution >= 4 is 11.9 Å². The van der Waals surface area contributed by atoms with Crippen molar-refractivity contribution in [1.29, 1.82) is 0 Å². The van der Waals surface area contributed by atoms with Crippen LogP contribution in [0, 0.1) is 0 Å². The highest BCUT2D eigenvalue weighted by Crippen LogP contribution is 2.25. The molecule has 1 aromatic carbocycles. The highest BCUT2D eigenvalue weighted by atomic mass is 16.5. The first-order valence-electron chi connectivity index (χ1n) is 5.97.